The molecule has 1 N–H and O–H groups in total. The first-order chi connectivity index (χ1) is 13.9. The number of benzene rings is 2. The van der Waals surface area contributed by atoms with Gasteiger partial charge in [0.25, 0.3) is 5.56 Å². The lowest BCUT2D eigenvalue weighted by Crippen LogP contribution is -2.24. The monoisotopic (exact) mass is 407 g/mol. The zero-order valence-corrected chi connectivity index (χ0v) is 17.5. The summed E-state index contributed by atoms with van der Waals surface area (Å²) in [6, 6.07) is 13.6. The topological polar surface area (TPSA) is 77.0 Å². The van der Waals surface area contributed by atoms with E-state index in [1.807, 2.05) is 56.3 Å². The van der Waals surface area contributed by atoms with Crippen molar-refractivity contribution >= 4 is 39.7 Å². The second kappa shape index (κ2) is 7.40. The van der Waals surface area contributed by atoms with Gasteiger partial charge in [-0.25, -0.2) is 4.98 Å². The Hall–Kier alpha value is -3.06. The highest BCUT2D eigenvalue weighted by molar-refractivity contribution is 8.00. The molecule has 6 nitrogen and oxygen atoms in total. The molecule has 2 aromatic carbocycles. The minimum Gasteiger partial charge on any atom is -0.468 e. The summed E-state index contributed by atoms with van der Waals surface area (Å²) >= 11 is 1.21. The van der Waals surface area contributed by atoms with E-state index in [2.05, 4.69) is 4.98 Å². The van der Waals surface area contributed by atoms with Crippen molar-refractivity contribution in [3.8, 4) is 5.69 Å². The number of esters is 1. The van der Waals surface area contributed by atoms with Crippen molar-refractivity contribution in [1.29, 1.82) is 0 Å². The molecule has 4 rings (SSSR count). The molecule has 0 spiro atoms. The highest BCUT2D eigenvalue weighted by atomic mass is 32.2. The van der Waals surface area contributed by atoms with Crippen molar-refractivity contribution in [2.24, 2.45) is 0 Å². The number of hydrogen-bond donors (Lipinski definition) is 1. The third-order valence-electron chi connectivity index (χ3n) is 4.77. The molecule has 0 saturated carbocycles. The zero-order valence-electron chi connectivity index (χ0n) is 16.6. The fourth-order valence-corrected chi connectivity index (χ4v) is 4.45. The van der Waals surface area contributed by atoms with E-state index in [-0.39, 0.29) is 11.5 Å². The molecule has 0 amide bonds. The van der Waals surface area contributed by atoms with Crippen LogP contribution in [0.1, 0.15) is 18.1 Å². The van der Waals surface area contributed by atoms with Gasteiger partial charge in [-0.2, -0.15) is 0 Å². The minimum atomic E-state index is -0.508. The number of carbonyl (C=O) groups is 1. The predicted molar refractivity (Wildman–Crippen MR) is 116 cm³/mol. The second-order valence-electron chi connectivity index (χ2n) is 7.06. The average molecular weight is 407 g/mol. The van der Waals surface area contributed by atoms with Gasteiger partial charge in [0.05, 0.1) is 12.8 Å². The highest BCUT2D eigenvalue weighted by Crippen LogP contribution is 2.29. The SMILES string of the molecule is COC(=O)C(C)Sc1nc2c([nH]c3ccccc32)c(=O)n1-c1cc(C)cc(C)c1. The van der Waals surface area contributed by atoms with E-state index < -0.39 is 5.25 Å². The molecule has 4 aromatic rings. The van der Waals surface area contributed by atoms with Crippen LogP contribution in [0.15, 0.2) is 52.4 Å². The molecule has 0 bridgehead atoms. The van der Waals surface area contributed by atoms with Gasteiger partial charge >= 0.3 is 5.97 Å². The van der Waals surface area contributed by atoms with Gasteiger partial charge in [0.2, 0.25) is 0 Å². The number of rotatable bonds is 4. The lowest BCUT2D eigenvalue weighted by atomic mass is 10.1. The fraction of sp³-hybridized carbons (Fsp3) is 0.227. The van der Waals surface area contributed by atoms with Crippen LogP contribution >= 0.6 is 11.8 Å². The van der Waals surface area contributed by atoms with Crippen molar-refractivity contribution in [3.63, 3.8) is 0 Å². The molecule has 1 atom stereocenters. The molecule has 148 valence electrons. The molecule has 0 saturated heterocycles. The third kappa shape index (κ3) is 3.42. The Morgan fingerprint density at radius 2 is 1.86 bits per heavy atom. The van der Waals surface area contributed by atoms with Gasteiger partial charge in [-0.1, -0.05) is 36.0 Å². The first-order valence-corrected chi connectivity index (χ1v) is 10.1. The number of aryl methyl sites for hydroxylation is 2. The lowest BCUT2D eigenvalue weighted by Gasteiger charge is -2.15. The van der Waals surface area contributed by atoms with Gasteiger partial charge in [0.15, 0.2) is 5.16 Å². The number of aromatic nitrogens is 3. The Morgan fingerprint density at radius 3 is 2.55 bits per heavy atom. The summed E-state index contributed by atoms with van der Waals surface area (Å²) in [6.45, 7) is 5.72. The average Bonchev–Trinajstić information content (AvgIpc) is 3.06. The highest BCUT2D eigenvalue weighted by Gasteiger charge is 2.22. The smallest absolute Gasteiger partial charge is 0.318 e. The standard InChI is InChI=1S/C22H21N3O3S/c1-12-9-13(2)11-15(10-12)25-20(26)19-18(16-7-5-6-8-17(16)23-19)24-22(25)29-14(3)21(27)28-4/h5-11,14,23H,1-4H3. The van der Waals surface area contributed by atoms with E-state index in [0.717, 1.165) is 27.7 Å². The maximum absolute atomic E-state index is 13.5. The largest absolute Gasteiger partial charge is 0.468 e. The van der Waals surface area contributed by atoms with Crippen molar-refractivity contribution in [2.45, 2.75) is 31.2 Å². The van der Waals surface area contributed by atoms with E-state index in [0.29, 0.717) is 16.2 Å². The van der Waals surface area contributed by atoms with Gasteiger partial charge in [-0.05, 0) is 50.1 Å². The normalized spacial score (nSPS) is 12.4. The molecule has 2 heterocycles. The summed E-state index contributed by atoms with van der Waals surface area (Å²) in [5.41, 5.74) is 4.51. The summed E-state index contributed by atoms with van der Waals surface area (Å²) in [5.74, 6) is -0.366. The van der Waals surface area contributed by atoms with Crippen molar-refractivity contribution in [2.75, 3.05) is 7.11 Å². The summed E-state index contributed by atoms with van der Waals surface area (Å²) in [7, 11) is 1.35. The van der Waals surface area contributed by atoms with E-state index in [1.165, 1.54) is 18.9 Å². The second-order valence-corrected chi connectivity index (χ2v) is 8.37. The van der Waals surface area contributed by atoms with Crippen LogP contribution < -0.4 is 5.56 Å². The number of ether oxygens (including phenoxy) is 1. The summed E-state index contributed by atoms with van der Waals surface area (Å²) in [6.07, 6.45) is 0. The molecule has 2 aromatic heterocycles. The molecule has 7 heteroatoms. The van der Waals surface area contributed by atoms with E-state index >= 15 is 0 Å². The van der Waals surface area contributed by atoms with Crippen LogP contribution in [-0.2, 0) is 9.53 Å². The van der Waals surface area contributed by atoms with Crippen LogP contribution in [0.5, 0.6) is 0 Å². The van der Waals surface area contributed by atoms with Crippen molar-refractivity contribution < 1.29 is 9.53 Å². The Kier molecular flexibility index (Phi) is 4.92. The minimum absolute atomic E-state index is 0.198. The van der Waals surface area contributed by atoms with Crippen LogP contribution in [0, 0.1) is 13.8 Å². The van der Waals surface area contributed by atoms with Crippen LogP contribution in [0.25, 0.3) is 27.6 Å². The van der Waals surface area contributed by atoms with Crippen molar-refractivity contribution in [1.82, 2.24) is 14.5 Å². The van der Waals surface area contributed by atoms with E-state index in [1.54, 1.807) is 11.5 Å². The summed E-state index contributed by atoms with van der Waals surface area (Å²) in [4.78, 5) is 33.6. The van der Waals surface area contributed by atoms with Gasteiger partial charge in [0.1, 0.15) is 16.3 Å². The quantitative estimate of drug-likeness (QED) is 0.313. The molecule has 1 unspecified atom stereocenters. The number of thioether (sulfide) groups is 1. The number of carbonyl (C=O) groups excluding carboxylic acids is 1. The van der Waals surface area contributed by atoms with Gasteiger partial charge in [-0.15, -0.1) is 0 Å². The number of H-pyrrole nitrogens is 1. The number of nitrogens with one attached hydrogen (secondary N) is 1. The first kappa shape index (κ1) is 19.3. The first-order valence-electron chi connectivity index (χ1n) is 9.25. The van der Waals surface area contributed by atoms with Crippen LogP contribution in [0.4, 0.5) is 0 Å². The van der Waals surface area contributed by atoms with Gasteiger partial charge < -0.3 is 9.72 Å². The number of fused-ring (bicyclic) bond motifs is 3. The molecule has 29 heavy (non-hydrogen) atoms. The Bertz CT molecular complexity index is 1290. The zero-order chi connectivity index (χ0) is 20.7. The molecule has 0 radical (unpaired) electrons. The summed E-state index contributed by atoms with van der Waals surface area (Å²) in [5, 5.41) is 0.821. The molecule has 0 fully saturated rings. The molecular formula is C22H21N3O3S. The molecular weight excluding hydrogens is 386 g/mol. The molecule has 0 aliphatic rings. The van der Waals surface area contributed by atoms with Gasteiger partial charge in [0, 0.05) is 10.9 Å². The van der Waals surface area contributed by atoms with Gasteiger partial charge in [-0.3, -0.25) is 14.2 Å². The van der Waals surface area contributed by atoms with Crippen LogP contribution in [0.3, 0.4) is 0 Å². The maximum Gasteiger partial charge on any atom is 0.318 e. The fourth-order valence-electron chi connectivity index (χ4n) is 3.50. The van der Waals surface area contributed by atoms with Crippen LogP contribution in [0.2, 0.25) is 0 Å². The van der Waals surface area contributed by atoms with Crippen LogP contribution in [-0.4, -0.2) is 32.9 Å². The Labute approximate surface area is 171 Å². The number of para-hydroxylation sites is 1. The number of hydrogen-bond acceptors (Lipinski definition) is 5. The van der Waals surface area contributed by atoms with E-state index in [4.69, 9.17) is 9.72 Å². The molecule has 0 aliphatic heterocycles. The maximum atomic E-state index is 13.5. The number of methoxy groups -OCH3 is 1. The predicted octanol–water partition coefficient (Wildman–Crippen LogP) is 4.14. The Balaban J connectivity index is 2.04. The lowest BCUT2D eigenvalue weighted by molar-refractivity contribution is -0.139. The van der Waals surface area contributed by atoms with E-state index in [9.17, 15) is 9.59 Å². The molecule has 0 aliphatic carbocycles. The van der Waals surface area contributed by atoms with Crippen molar-refractivity contribution in [3.05, 3.63) is 63.9 Å². The number of nitrogens with zero attached hydrogens (tertiary/aromatic N) is 2. The Morgan fingerprint density at radius 1 is 1.17 bits per heavy atom. The third-order valence-corrected chi connectivity index (χ3v) is 5.80. The summed E-state index contributed by atoms with van der Waals surface area (Å²) < 4.78 is 6.43. The number of aromatic amines is 1.